The van der Waals surface area contributed by atoms with E-state index in [-0.39, 0.29) is 11.8 Å². The second-order valence-electron chi connectivity index (χ2n) is 7.59. The fourth-order valence-electron chi connectivity index (χ4n) is 4.65. The Labute approximate surface area is 134 Å². The average Bonchev–Trinajstić information content (AvgIpc) is 2.59. The quantitative estimate of drug-likeness (QED) is 0.622. The van der Waals surface area contributed by atoms with E-state index in [0.717, 1.165) is 43.5 Å². The van der Waals surface area contributed by atoms with E-state index in [1.165, 1.54) is 44.9 Å². The van der Waals surface area contributed by atoms with Crippen LogP contribution in [0.25, 0.3) is 0 Å². The topological polar surface area (TPSA) is 53.5 Å². The van der Waals surface area contributed by atoms with Crippen LogP contribution in [0.4, 0.5) is 0 Å². The third-order valence-corrected chi connectivity index (χ3v) is 6.14. The van der Waals surface area contributed by atoms with Crippen LogP contribution in [0.3, 0.4) is 0 Å². The molecular formula is C18H31N3O. The minimum Gasteiger partial charge on any atom is -0.316 e. The molecule has 4 atom stereocenters. The third kappa shape index (κ3) is 3.89. The Balaban J connectivity index is 1.49. The SMILES string of the molecule is C/C(=N\NC(=O)C1CCC2CCCCC2C1)C1CCCNC1. The highest BCUT2D eigenvalue weighted by Crippen LogP contribution is 2.42. The van der Waals surface area contributed by atoms with E-state index in [2.05, 4.69) is 22.8 Å². The van der Waals surface area contributed by atoms with Crippen molar-refractivity contribution in [3.63, 3.8) is 0 Å². The summed E-state index contributed by atoms with van der Waals surface area (Å²) >= 11 is 0. The summed E-state index contributed by atoms with van der Waals surface area (Å²) in [5, 5.41) is 7.81. The molecule has 2 saturated carbocycles. The number of nitrogens with zero attached hydrogens (tertiary/aromatic N) is 1. The molecule has 0 bridgehead atoms. The van der Waals surface area contributed by atoms with Crippen LogP contribution in [0.2, 0.25) is 0 Å². The molecule has 0 aromatic rings. The molecule has 2 aliphatic carbocycles. The van der Waals surface area contributed by atoms with E-state index in [9.17, 15) is 4.79 Å². The summed E-state index contributed by atoms with van der Waals surface area (Å²) in [7, 11) is 0. The molecule has 3 fully saturated rings. The van der Waals surface area contributed by atoms with Crippen LogP contribution in [0.1, 0.15) is 64.7 Å². The summed E-state index contributed by atoms with van der Waals surface area (Å²) in [6.45, 7) is 4.16. The van der Waals surface area contributed by atoms with E-state index in [0.29, 0.717) is 5.92 Å². The molecule has 4 nitrogen and oxygen atoms in total. The first kappa shape index (κ1) is 16.0. The van der Waals surface area contributed by atoms with Crippen molar-refractivity contribution in [1.82, 2.24) is 10.7 Å². The smallest absolute Gasteiger partial charge is 0.243 e. The maximum Gasteiger partial charge on any atom is 0.243 e. The average molecular weight is 305 g/mol. The second kappa shape index (κ2) is 7.58. The zero-order valence-electron chi connectivity index (χ0n) is 13.9. The molecule has 2 N–H and O–H groups in total. The molecule has 0 spiro atoms. The maximum atomic E-state index is 12.4. The fraction of sp³-hybridized carbons (Fsp3) is 0.889. The first-order valence-corrected chi connectivity index (χ1v) is 9.29. The van der Waals surface area contributed by atoms with E-state index >= 15 is 0 Å². The maximum absolute atomic E-state index is 12.4. The molecule has 124 valence electrons. The van der Waals surface area contributed by atoms with Crippen molar-refractivity contribution in [3.8, 4) is 0 Å². The number of piperidine rings is 1. The lowest BCUT2D eigenvalue weighted by atomic mass is 9.67. The molecule has 0 aromatic heterocycles. The van der Waals surface area contributed by atoms with Crippen LogP contribution in [0.15, 0.2) is 5.10 Å². The number of carbonyl (C=O) groups excluding carboxylic acids is 1. The van der Waals surface area contributed by atoms with Crippen molar-refractivity contribution in [2.75, 3.05) is 13.1 Å². The zero-order chi connectivity index (χ0) is 15.4. The van der Waals surface area contributed by atoms with Crippen LogP contribution >= 0.6 is 0 Å². The van der Waals surface area contributed by atoms with Crippen molar-refractivity contribution in [1.29, 1.82) is 0 Å². The molecular weight excluding hydrogens is 274 g/mol. The Morgan fingerprint density at radius 3 is 2.59 bits per heavy atom. The minimum atomic E-state index is 0.159. The molecule has 1 heterocycles. The van der Waals surface area contributed by atoms with Gasteiger partial charge in [-0.2, -0.15) is 5.10 Å². The van der Waals surface area contributed by atoms with Crippen molar-refractivity contribution < 1.29 is 4.79 Å². The largest absolute Gasteiger partial charge is 0.316 e. The first-order valence-electron chi connectivity index (χ1n) is 9.29. The number of nitrogens with one attached hydrogen (secondary N) is 2. The van der Waals surface area contributed by atoms with Crippen LogP contribution in [-0.2, 0) is 4.79 Å². The highest BCUT2D eigenvalue weighted by molar-refractivity contribution is 5.87. The lowest BCUT2D eigenvalue weighted by Crippen LogP contribution is -2.37. The number of hydrogen-bond donors (Lipinski definition) is 2. The number of fused-ring (bicyclic) bond motifs is 1. The van der Waals surface area contributed by atoms with Gasteiger partial charge in [-0.25, -0.2) is 5.43 Å². The Kier molecular flexibility index (Phi) is 5.51. The highest BCUT2D eigenvalue weighted by atomic mass is 16.2. The molecule has 0 radical (unpaired) electrons. The standard InChI is InChI=1S/C18H31N3O/c1-13(17-7-4-10-19-12-17)20-21-18(22)16-9-8-14-5-2-3-6-15(14)11-16/h14-17,19H,2-12H2,1H3,(H,21,22)/b20-13+. The van der Waals surface area contributed by atoms with E-state index in [4.69, 9.17) is 0 Å². The molecule has 4 unspecified atom stereocenters. The Morgan fingerprint density at radius 2 is 1.82 bits per heavy atom. The van der Waals surface area contributed by atoms with Gasteiger partial charge >= 0.3 is 0 Å². The van der Waals surface area contributed by atoms with Crippen LogP contribution in [0, 0.1) is 23.7 Å². The molecule has 3 rings (SSSR count). The molecule has 4 heteroatoms. The van der Waals surface area contributed by atoms with Crippen molar-refractivity contribution in [2.45, 2.75) is 64.7 Å². The van der Waals surface area contributed by atoms with Gasteiger partial charge in [0.1, 0.15) is 0 Å². The predicted octanol–water partition coefficient (Wildman–Crippen LogP) is 3.08. The number of amides is 1. The van der Waals surface area contributed by atoms with Gasteiger partial charge in [-0.15, -0.1) is 0 Å². The third-order valence-electron chi connectivity index (χ3n) is 6.14. The van der Waals surface area contributed by atoms with Gasteiger partial charge in [-0.05, 0) is 57.4 Å². The normalized spacial score (nSPS) is 36.5. The van der Waals surface area contributed by atoms with Crippen molar-refractivity contribution in [2.24, 2.45) is 28.8 Å². The summed E-state index contributed by atoms with van der Waals surface area (Å²) in [5.41, 5.74) is 3.94. The van der Waals surface area contributed by atoms with Crippen molar-refractivity contribution >= 4 is 11.6 Å². The Morgan fingerprint density at radius 1 is 1.00 bits per heavy atom. The monoisotopic (exact) mass is 305 g/mol. The molecule has 0 aromatic carbocycles. The van der Waals surface area contributed by atoms with Gasteiger partial charge in [0.2, 0.25) is 5.91 Å². The molecule has 1 saturated heterocycles. The Bertz CT molecular complexity index is 415. The highest BCUT2D eigenvalue weighted by Gasteiger charge is 2.35. The predicted molar refractivity (Wildman–Crippen MR) is 89.6 cm³/mol. The second-order valence-corrected chi connectivity index (χ2v) is 7.59. The molecule has 3 aliphatic rings. The summed E-state index contributed by atoms with van der Waals surface area (Å²) < 4.78 is 0. The zero-order valence-corrected chi connectivity index (χ0v) is 13.9. The minimum absolute atomic E-state index is 0.159. The lowest BCUT2D eigenvalue weighted by Gasteiger charge is -2.38. The van der Waals surface area contributed by atoms with Crippen LogP contribution < -0.4 is 10.7 Å². The van der Waals surface area contributed by atoms with Gasteiger partial charge in [0.05, 0.1) is 0 Å². The van der Waals surface area contributed by atoms with Gasteiger partial charge in [0.25, 0.3) is 0 Å². The number of hydrogen-bond acceptors (Lipinski definition) is 3. The lowest BCUT2D eigenvalue weighted by molar-refractivity contribution is -0.127. The van der Waals surface area contributed by atoms with E-state index in [1.807, 2.05) is 0 Å². The van der Waals surface area contributed by atoms with Gasteiger partial charge in [-0.3, -0.25) is 4.79 Å². The summed E-state index contributed by atoms with van der Waals surface area (Å²) in [6.07, 6.45) is 11.3. The number of rotatable bonds is 3. The van der Waals surface area contributed by atoms with Crippen LogP contribution in [-0.4, -0.2) is 24.7 Å². The Hall–Kier alpha value is -0.900. The summed E-state index contributed by atoms with van der Waals surface area (Å²) in [4.78, 5) is 12.4. The molecule has 22 heavy (non-hydrogen) atoms. The first-order chi connectivity index (χ1) is 10.7. The van der Waals surface area contributed by atoms with Gasteiger partial charge in [0.15, 0.2) is 0 Å². The van der Waals surface area contributed by atoms with Gasteiger partial charge < -0.3 is 5.32 Å². The van der Waals surface area contributed by atoms with E-state index < -0.39 is 0 Å². The van der Waals surface area contributed by atoms with Gasteiger partial charge in [-0.1, -0.05) is 25.7 Å². The van der Waals surface area contributed by atoms with Crippen LogP contribution in [0.5, 0.6) is 0 Å². The van der Waals surface area contributed by atoms with Gasteiger partial charge in [0, 0.05) is 24.1 Å². The van der Waals surface area contributed by atoms with E-state index in [1.54, 1.807) is 0 Å². The summed E-state index contributed by atoms with van der Waals surface area (Å²) in [5.74, 6) is 2.54. The molecule has 1 amide bonds. The summed E-state index contributed by atoms with van der Waals surface area (Å²) in [6, 6.07) is 0. The molecule has 1 aliphatic heterocycles. The number of carbonyl (C=O) groups is 1. The fourth-order valence-corrected chi connectivity index (χ4v) is 4.65. The number of hydrazone groups is 1. The van der Waals surface area contributed by atoms with Crippen molar-refractivity contribution in [3.05, 3.63) is 0 Å².